The Balaban J connectivity index is 2.49. The number of esters is 1. The van der Waals surface area contributed by atoms with E-state index >= 15 is 0 Å². The molecule has 1 N–H and O–H groups in total. The van der Waals surface area contributed by atoms with E-state index in [1.165, 1.54) is 14.2 Å². The number of nitrogens with one attached hydrogen (secondary N) is 1. The van der Waals surface area contributed by atoms with Crippen LogP contribution in [0.3, 0.4) is 0 Å². The van der Waals surface area contributed by atoms with Crippen molar-refractivity contribution in [1.29, 1.82) is 0 Å². The Morgan fingerprint density at radius 2 is 1.95 bits per heavy atom. The molecule has 106 valence electrons. The quantitative estimate of drug-likeness (QED) is 0.741. The van der Waals surface area contributed by atoms with E-state index in [0.717, 1.165) is 9.87 Å². The van der Waals surface area contributed by atoms with Gasteiger partial charge in [-0.1, -0.05) is 30.3 Å². The summed E-state index contributed by atoms with van der Waals surface area (Å²) in [4.78, 5) is 11.0. The van der Waals surface area contributed by atoms with Crippen molar-refractivity contribution >= 4 is 16.2 Å². The molecule has 0 saturated carbocycles. The van der Waals surface area contributed by atoms with Crippen LogP contribution < -0.4 is 4.72 Å². The predicted molar refractivity (Wildman–Crippen MR) is 71.5 cm³/mol. The van der Waals surface area contributed by atoms with Crippen LogP contribution in [0.1, 0.15) is 12.0 Å². The van der Waals surface area contributed by atoms with Gasteiger partial charge in [-0.2, -0.15) is 17.4 Å². The van der Waals surface area contributed by atoms with Crippen LogP contribution in [-0.2, 0) is 26.3 Å². The van der Waals surface area contributed by atoms with Crippen LogP contribution in [0, 0.1) is 0 Å². The Labute approximate surface area is 113 Å². The maximum Gasteiger partial charge on any atom is 0.306 e. The molecule has 0 unspecified atom stereocenters. The summed E-state index contributed by atoms with van der Waals surface area (Å²) in [6.45, 7) is 0.294. The van der Waals surface area contributed by atoms with Gasteiger partial charge in [0.15, 0.2) is 0 Å². The van der Waals surface area contributed by atoms with E-state index in [1.54, 1.807) is 0 Å². The van der Waals surface area contributed by atoms with Crippen LogP contribution in [0.25, 0.3) is 0 Å². The van der Waals surface area contributed by atoms with E-state index in [1.807, 2.05) is 30.3 Å². The molecule has 1 aromatic carbocycles. The molecule has 0 bridgehead atoms. The van der Waals surface area contributed by atoms with Gasteiger partial charge in [0.2, 0.25) is 0 Å². The fourth-order valence-corrected chi connectivity index (χ4v) is 2.25. The van der Waals surface area contributed by atoms with Crippen molar-refractivity contribution in [2.75, 3.05) is 20.7 Å². The Kier molecular flexibility index (Phi) is 5.94. The number of nitrogens with zero attached hydrogens (tertiary/aromatic N) is 1. The third-order valence-corrected chi connectivity index (χ3v) is 4.08. The average Bonchev–Trinajstić information content (AvgIpc) is 2.43. The van der Waals surface area contributed by atoms with Crippen LogP contribution in [0.5, 0.6) is 0 Å². The molecule has 0 aromatic heterocycles. The molecule has 0 aliphatic heterocycles. The van der Waals surface area contributed by atoms with Gasteiger partial charge in [-0.15, -0.1) is 0 Å². The van der Waals surface area contributed by atoms with Crippen LogP contribution in [-0.4, -0.2) is 39.4 Å². The zero-order chi connectivity index (χ0) is 14.3. The second-order valence-electron chi connectivity index (χ2n) is 3.96. The summed E-state index contributed by atoms with van der Waals surface area (Å²) in [6, 6.07) is 9.20. The maximum atomic E-state index is 11.9. The highest BCUT2D eigenvalue weighted by Crippen LogP contribution is 2.01. The van der Waals surface area contributed by atoms with Crippen molar-refractivity contribution in [3.05, 3.63) is 35.9 Å². The fourth-order valence-electron chi connectivity index (χ4n) is 1.35. The van der Waals surface area contributed by atoms with Crippen molar-refractivity contribution in [3.8, 4) is 0 Å². The molecule has 0 aliphatic rings. The fraction of sp³-hybridized carbons (Fsp3) is 0.417. The number of methoxy groups -OCH3 is 1. The Morgan fingerprint density at radius 1 is 1.32 bits per heavy atom. The third-order valence-electron chi connectivity index (χ3n) is 2.57. The first kappa shape index (κ1) is 15.6. The zero-order valence-corrected chi connectivity index (χ0v) is 11.8. The summed E-state index contributed by atoms with van der Waals surface area (Å²) in [5.74, 6) is -0.440. The molecule has 0 atom stereocenters. The molecule has 19 heavy (non-hydrogen) atoms. The molecular formula is C12H18N2O4S. The highest BCUT2D eigenvalue weighted by atomic mass is 32.2. The molecule has 0 aliphatic carbocycles. The summed E-state index contributed by atoms with van der Waals surface area (Å²) in [5, 5.41) is 0. The first-order valence-corrected chi connectivity index (χ1v) is 7.21. The lowest BCUT2D eigenvalue weighted by atomic mass is 10.2. The molecule has 0 radical (unpaired) electrons. The molecule has 0 spiro atoms. The molecule has 6 nitrogen and oxygen atoms in total. The van der Waals surface area contributed by atoms with E-state index in [0.29, 0.717) is 0 Å². The van der Waals surface area contributed by atoms with E-state index in [2.05, 4.69) is 9.46 Å². The van der Waals surface area contributed by atoms with Crippen LogP contribution in [0.15, 0.2) is 30.3 Å². The molecule has 7 heteroatoms. The van der Waals surface area contributed by atoms with Crippen molar-refractivity contribution in [1.82, 2.24) is 9.03 Å². The standard InChI is InChI=1S/C12H18N2O4S/c1-14(9-8-12(15)18-2)19(16,17)13-10-11-6-4-3-5-7-11/h3-7,13H,8-10H2,1-2H3. The number of carbonyl (C=O) groups is 1. The van der Waals surface area contributed by atoms with E-state index < -0.39 is 16.2 Å². The van der Waals surface area contributed by atoms with Crippen molar-refractivity contribution in [2.24, 2.45) is 0 Å². The van der Waals surface area contributed by atoms with Gasteiger partial charge in [-0.05, 0) is 5.56 Å². The lowest BCUT2D eigenvalue weighted by Gasteiger charge is -2.17. The lowest BCUT2D eigenvalue weighted by molar-refractivity contribution is -0.140. The molecule has 0 amide bonds. The number of rotatable bonds is 7. The van der Waals surface area contributed by atoms with E-state index in [-0.39, 0.29) is 19.5 Å². The minimum atomic E-state index is -3.59. The monoisotopic (exact) mass is 286 g/mol. The highest BCUT2D eigenvalue weighted by molar-refractivity contribution is 7.87. The van der Waals surface area contributed by atoms with Gasteiger partial charge in [0.1, 0.15) is 0 Å². The number of benzene rings is 1. The van der Waals surface area contributed by atoms with E-state index in [9.17, 15) is 13.2 Å². The largest absolute Gasteiger partial charge is 0.469 e. The number of carbonyl (C=O) groups excluding carboxylic acids is 1. The topological polar surface area (TPSA) is 75.7 Å². The summed E-state index contributed by atoms with van der Waals surface area (Å²) >= 11 is 0. The second kappa shape index (κ2) is 7.22. The highest BCUT2D eigenvalue weighted by Gasteiger charge is 2.17. The molecular weight excluding hydrogens is 268 g/mol. The minimum absolute atomic E-state index is 0.0270. The predicted octanol–water partition coefficient (Wildman–Crippen LogP) is 0.516. The van der Waals surface area contributed by atoms with Gasteiger partial charge in [-0.25, -0.2) is 0 Å². The van der Waals surface area contributed by atoms with Crippen molar-refractivity contribution in [2.45, 2.75) is 13.0 Å². The summed E-state index contributed by atoms with van der Waals surface area (Å²) in [6.07, 6.45) is 0.0270. The maximum absolute atomic E-state index is 11.9. The van der Waals surface area contributed by atoms with E-state index in [4.69, 9.17) is 0 Å². The summed E-state index contributed by atoms with van der Waals surface area (Å²) in [5.41, 5.74) is 0.868. The minimum Gasteiger partial charge on any atom is -0.469 e. The second-order valence-corrected chi connectivity index (χ2v) is 5.82. The van der Waals surface area contributed by atoms with Gasteiger partial charge >= 0.3 is 5.97 Å². The SMILES string of the molecule is COC(=O)CCN(C)S(=O)(=O)NCc1ccccc1. The van der Waals surface area contributed by atoms with Gasteiger partial charge in [0.05, 0.1) is 13.5 Å². The third kappa shape index (κ3) is 5.37. The van der Waals surface area contributed by atoms with Gasteiger partial charge in [0.25, 0.3) is 10.2 Å². The summed E-state index contributed by atoms with van der Waals surface area (Å²) < 4.78 is 31.7. The molecule has 1 rings (SSSR count). The lowest BCUT2D eigenvalue weighted by Crippen LogP contribution is -2.38. The van der Waals surface area contributed by atoms with Crippen molar-refractivity contribution in [3.63, 3.8) is 0 Å². The molecule has 0 fully saturated rings. The summed E-state index contributed by atoms with van der Waals surface area (Å²) in [7, 11) is -0.906. The zero-order valence-electron chi connectivity index (χ0n) is 11.0. The Morgan fingerprint density at radius 3 is 2.53 bits per heavy atom. The Bertz CT molecular complexity index is 502. The number of hydrogen-bond donors (Lipinski definition) is 1. The Hall–Kier alpha value is -1.44. The average molecular weight is 286 g/mol. The number of hydrogen-bond acceptors (Lipinski definition) is 4. The molecule has 0 heterocycles. The smallest absolute Gasteiger partial charge is 0.306 e. The van der Waals surface area contributed by atoms with Gasteiger partial charge < -0.3 is 4.74 Å². The van der Waals surface area contributed by atoms with Gasteiger partial charge in [0, 0.05) is 20.1 Å². The van der Waals surface area contributed by atoms with Crippen LogP contribution in [0.2, 0.25) is 0 Å². The van der Waals surface area contributed by atoms with Crippen LogP contribution in [0.4, 0.5) is 0 Å². The first-order valence-electron chi connectivity index (χ1n) is 5.77. The van der Waals surface area contributed by atoms with Gasteiger partial charge in [-0.3, -0.25) is 4.79 Å². The molecule has 1 aromatic rings. The normalized spacial score (nSPS) is 11.5. The first-order chi connectivity index (χ1) is 8.95. The molecule has 0 saturated heterocycles. The van der Waals surface area contributed by atoms with Crippen LogP contribution >= 0.6 is 0 Å². The van der Waals surface area contributed by atoms with Crippen molar-refractivity contribution < 1.29 is 17.9 Å². The number of ether oxygens (including phenoxy) is 1.